The molecule has 3 rings (SSSR count). The molecule has 2 aromatic heterocycles. The van der Waals surface area contributed by atoms with Crippen LogP contribution in [0.4, 0.5) is 0 Å². The van der Waals surface area contributed by atoms with Gasteiger partial charge in [0, 0.05) is 18.6 Å². The third-order valence-corrected chi connectivity index (χ3v) is 5.02. The van der Waals surface area contributed by atoms with Crippen molar-refractivity contribution in [2.45, 2.75) is 37.7 Å². The minimum absolute atomic E-state index is 0.123. The lowest BCUT2D eigenvalue weighted by Gasteiger charge is -2.12. The molecule has 0 unspecified atom stereocenters. The first-order valence-corrected chi connectivity index (χ1v) is 9.97. The molecule has 0 atom stereocenters. The molecular formula is C18H21ClN4O3S. The predicted molar refractivity (Wildman–Crippen MR) is 105 cm³/mol. The van der Waals surface area contributed by atoms with Gasteiger partial charge in [0.1, 0.15) is 0 Å². The average Bonchev–Trinajstić information content (AvgIpc) is 3.05. The van der Waals surface area contributed by atoms with Gasteiger partial charge in [-0.25, -0.2) is 4.98 Å². The fraction of sp³-hybridized carbons (Fsp3) is 0.444. The first kappa shape index (κ1) is 19.9. The summed E-state index contributed by atoms with van der Waals surface area (Å²) in [5.41, 5.74) is 0.442. The summed E-state index contributed by atoms with van der Waals surface area (Å²) < 4.78 is 12.0. The molecule has 7 nitrogen and oxygen atoms in total. The largest absolute Gasteiger partial charge is 0.383 e. The van der Waals surface area contributed by atoms with Crippen LogP contribution in [0.25, 0.3) is 10.9 Å². The van der Waals surface area contributed by atoms with E-state index in [0.29, 0.717) is 57.6 Å². The number of fused-ring (bicyclic) bond motifs is 1. The molecule has 0 aliphatic heterocycles. The van der Waals surface area contributed by atoms with Gasteiger partial charge in [-0.05, 0) is 24.1 Å². The molecule has 0 aliphatic rings. The molecule has 144 valence electrons. The van der Waals surface area contributed by atoms with Gasteiger partial charge in [0.05, 0.1) is 29.8 Å². The molecule has 0 bridgehead atoms. The number of thioether (sulfide) groups is 1. The van der Waals surface area contributed by atoms with Crippen molar-refractivity contribution in [3.63, 3.8) is 0 Å². The second-order valence-corrected chi connectivity index (χ2v) is 7.88. The van der Waals surface area contributed by atoms with Crippen molar-refractivity contribution in [3.05, 3.63) is 45.3 Å². The van der Waals surface area contributed by atoms with Crippen molar-refractivity contribution in [1.29, 1.82) is 0 Å². The van der Waals surface area contributed by atoms with Gasteiger partial charge in [-0.1, -0.05) is 42.4 Å². The lowest BCUT2D eigenvalue weighted by atomic mass is 10.1. The van der Waals surface area contributed by atoms with Crippen molar-refractivity contribution >= 4 is 34.3 Å². The number of aromatic nitrogens is 4. The molecule has 3 aromatic rings. The van der Waals surface area contributed by atoms with Crippen LogP contribution in [-0.2, 0) is 23.5 Å². The molecule has 9 heteroatoms. The number of nitrogens with zero attached hydrogens (tertiary/aromatic N) is 4. The Kier molecular flexibility index (Phi) is 6.51. The minimum atomic E-state index is -0.123. The number of methoxy groups -OCH3 is 1. The summed E-state index contributed by atoms with van der Waals surface area (Å²) >= 11 is 7.43. The Labute approximate surface area is 166 Å². The standard InChI is InChI=1S/C18H21ClN4O3S/c1-11(2)8-15-21-16(26-22-15)10-27-18-20-14-9-12(19)4-5-13(14)17(24)23(18)6-7-25-3/h4-5,9,11H,6-8,10H2,1-3H3. The Morgan fingerprint density at radius 1 is 1.33 bits per heavy atom. The number of benzene rings is 1. The first-order chi connectivity index (χ1) is 13.0. The van der Waals surface area contributed by atoms with E-state index in [2.05, 4.69) is 29.0 Å². The fourth-order valence-electron chi connectivity index (χ4n) is 2.59. The summed E-state index contributed by atoms with van der Waals surface area (Å²) in [7, 11) is 1.60. The van der Waals surface area contributed by atoms with Crippen LogP contribution in [0, 0.1) is 5.92 Å². The maximum absolute atomic E-state index is 12.9. The van der Waals surface area contributed by atoms with E-state index in [9.17, 15) is 4.79 Å². The highest BCUT2D eigenvalue weighted by Crippen LogP contribution is 2.23. The summed E-state index contributed by atoms with van der Waals surface area (Å²) in [6.07, 6.45) is 0.763. The van der Waals surface area contributed by atoms with Crippen LogP contribution in [-0.4, -0.2) is 33.4 Å². The summed E-state index contributed by atoms with van der Waals surface area (Å²) in [6, 6.07) is 5.08. The van der Waals surface area contributed by atoms with Crippen molar-refractivity contribution in [2.75, 3.05) is 13.7 Å². The molecule has 1 aromatic carbocycles. The zero-order valence-electron chi connectivity index (χ0n) is 15.4. The number of hydrogen-bond acceptors (Lipinski definition) is 7. The third-order valence-electron chi connectivity index (χ3n) is 3.83. The van der Waals surface area contributed by atoms with Crippen LogP contribution in [0.3, 0.4) is 0 Å². The molecule has 0 radical (unpaired) electrons. The highest BCUT2D eigenvalue weighted by atomic mass is 35.5. The van der Waals surface area contributed by atoms with E-state index in [1.54, 1.807) is 29.9 Å². The molecular weight excluding hydrogens is 388 g/mol. The molecule has 0 saturated carbocycles. The van der Waals surface area contributed by atoms with Gasteiger partial charge >= 0.3 is 0 Å². The number of halogens is 1. The molecule has 2 heterocycles. The highest BCUT2D eigenvalue weighted by molar-refractivity contribution is 7.98. The van der Waals surface area contributed by atoms with Gasteiger partial charge < -0.3 is 9.26 Å². The van der Waals surface area contributed by atoms with Crippen molar-refractivity contribution in [2.24, 2.45) is 5.92 Å². The topological polar surface area (TPSA) is 83.0 Å². The summed E-state index contributed by atoms with van der Waals surface area (Å²) in [5, 5.41) is 5.62. The van der Waals surface area contributed by atoms with Crippen LogP contribution >= 0.6 is 23.4 Å². The maximum Gasteiger partial charge on any atom is 0.262 e. The molecule has 0 saturated heterocycles. The van der Waals surface area contributed by atoms with Crippen molar-refractivity contribution < 1.29 is 9.26 Å². The smallest absolute Gasteiger partial charge is 0.262 e. The van der Waals surface area contributed by atoms with Gasteiger partial charge in [-0.2, -0.15) is 4.98 Å². The molecule has 0 aliphatic carbocycles. The van der Waals surface area contributed by atoms with Gasteiger partial charge in [0.25, 0.3) is 5.56 Å². The Morgan fingerprint density at radius 3 is 2.89 bits per heavy atom. The lowest BCUT2D eigenvalue weighted by molar-refractivity contribution is 0.183. The van der Waals surface area contributed by atoms with Crippen LogP contribution in [0.5, 0.6) is 0 Å². The highest BCUT2D eigenvalue weighted by Gasteiger charge is 2.14. The van der Waals surface area contributed by atoms with Crippen LogP contribution < -0.4 is 5.56 Å². The van der Waals surface area contributed by atoms with E-state index >= 15 is 0 Å². The Balaban J connectivity index is 1.89. The summed E-state index contributed by atoms with van der Waals surface area (Å²) in [6.45, 7) is 5.02. The Bertz CT molecular complexity index is 986. The number of hydrogen-bond donors (Lipinski definition) is 0. The zero-order chi connectivity index (χ0) is 19.4. The van der Waals surface area contributed by atoms with Crippen LogP contribution in [0.15, 0.2) is 32.7 Å². The SMILES string of the molecule is COCCn1c(SCc2nc(CC(C)C)no2)nc2cc(Cl)ccc2c1=O. The van der Waals surface area contributed by atoms with Crippen LogP contribution in [0.2, 0.25) is 5.02 Å². The quantitative estimate of drug-likeness (QED) is 0.416. The van der Waals surface area contributed by atoms with E-state index in [0.717, 1.165) is 6.42 Å². The minimum Gasteiger partial charge on any atom is -0.383 e. The molecule has 27 heavy (non-hydrogen) atoms. The van der Waals surface area contributed by atoms with E-state index in [-0.39, 0.29) is 5.56 Å². The van der Waals surface area contributed by atoms with E-state index in [1.165, 1.54) is 11.8 Å². The normalized spacial score (nSPS) is 11.6. The third kappa shape index (κ3) is 4.88. The lowest BCUT2D eigenvalue weighted by Crippen LogP contribution is -2.25. The van der Waals surface area contributed by atoms with Gasteiger partial charge in [0.15, 0.2) is 11.0 Å². The predicted octanol–water partition coefficient (Wildman–Crippen LogP) is 3.57. The fourth-order valence-corrected chi connectivity index (χ4v) is 3.62. The maximum atomic E-state index is 12.9. The summed E-state index contributed by atoms with van der Waals surface area (Å²) in [4.78, 5) is 21.9. The molecule has 0 spiro atoms. The Hall–Kier alpha value is -1.90. The average molecular weight is 409 g/mol. The van der Waals surface area contributed by atoms with E-state index in [4.69, 9.17) is 20.9 Å². The molecule has 0 amide bonds. The van der Waals surface area contributed by atoms with Gasteiger partial charge in [-0.15, -0.1) is 0 Å². The zero-order valence-corrected chi connectivity index (χ0v) is 17.0. The second kappa shape index (κ2) is 8.86. The van der Waals surface area contributed by atoms with Crippen molar-refractivity contribution in [3.8, 4) is 0 Å². The first-order valence-electron chi connectivity index (χ1n) is 8.61. The molecule has 0 fully saturated rings. The van der Waals surface area contributed by atoms with Gasteiger partial charge in [-0.3, -0.25) is 9.36 Å². The summed E-state index contributed by atoms with van der Waals surface area (Å²) in [5.74, 6) is 2.08. The van der Waals surface area contributed by atoms with E-state index in [1.807, 2.05) is 0 Å². The van der Waals surface area contributed by atoms with E-state index < -0.39 is 0 Å². The Morgan fingerprint density at radius 2 is 2.15 bits per heavy atom. The molecule has 0 N–H and O–H groups in total. The number of ether oxygens (including phenoxy) is 1. The second-order valence-electron chi connectivity index (χ2n) is 6.50. The van der Waals surface area contributed by atoms with Crippen LogP contribution in [0.1, 0.15) is 25.6 Å². The van der Waals surface area contributed by atoms with Gasteiger partial charge in [0.2, 0.25) is 5.89 Å². The monoisotopic (exact) mass is 408 g/mol. The van der Waals surface area contributed by atoms with Crippen molar-refractivity contribution in [1.82, 2.24) is 19.7 Å². The number of rotatable bonds is 8.